The lowest BCUT2D eigenvalue weighted by atomic mass is 10.0. The Morgan fingerprint density at radius 3 is 2.85 bits per heavy atom. The first-order valence-corrected chi connectivity index (χ1v) is 7.34. The fourth-order valence-corrected chi connectivity index (χ4v) is 3.12. The lowest BCUT2D eigenvalue weighted by molar-refractivity contribution is 0.469. The summed E-state index contributed by atoms with van der Waals surface area (Å²) < 4.78 is 0. The van der Waals surface area contributed by atoms with Crippen LogP contribution in [0.1, 0.15) is 34.7 Å². The normalized spacial score (nSPS) is 17.1. The Hall–Kier alpha value is -1.80. The van der Waals surface area contributed by atoms with Gasteiger partial charge in [-0.2, -0.15) is 0 Å². The molecule has 2 aromatic carbocycles. The van der Waals surface area contributed by atoms with Crippen molar-refractivity contribution in [2.24, 2.45) is 0 Å². The third-order valence-corrected chi connectivity index (χ3v) is 4.29. The Morgan fingerprint density at radius 1 is 1.15 bits per heavy atom. The Balaban J connectivity index is 1.62. The van der Waals surface area contributed by atoms with Gasteiger partial charge in [0.1, 0.15) is 5.75 Å². The van der Waals surface area contributed by atoms with Crippen molar-refractivity contribution in [1.82, 2.24) is 5.32 Å². The molecular weight excluding hydrogens is 246 g/mol. The van der Waals surface area contributed by atoms with Crippen molar-refractivity contribution in [3.8, 4) is 5.75 Å². The summed E-state index contributed by atoms with van der Waals surface area (Å²) in [6.07, 6.45) is 3.11. The van der Waals surface area contributed by atoms with E-state index in [-0.39, 0.29) is 0 Å². The Bertz CT molecular complexity index is 606. The van der Waals surface area contributed by atoms with Crippen LogP contribution in [-0.4, -0.2) is 11.7 Å². The van der Waals surface area contributed by atoms with Gasteiger partial charge in [-0.15, -0.1) is 0 Å². The molecule has 1 atom stereocenters. The van der Waals surface area contributed by atoms with Gasteiger partial charge in [0.25, 0.3) is 0 Å². The quantitative estimate of drug-likeness (QED) is 0.888. The lowest BCUT2D eigenvalue weighted by Gasteiger charge is -2.15. The lowest BCUT2D eigenvalue weighted by Crippen LogP contribution is -2.22. The van der Waals surface area contributed by atoms with Crippen LogP contribution in [0.3, 0.4) is 0 Å². The van der Waals surface area contributed by atoms with Crippen LogP contribution >= 0.6 is 0 Å². The van der Waals surface area contributed by atoms with Gasteiger partial charge in [0.15, 0.2) is 0 Å². The molecule has 0 bridgehead atoms. The predicted octanol–water partition coefficient (Wildman–Crippen LogP) is 3.52. The molecule has 0 amide bonds. The van der Waals surface area contributed by atoms with Crippen LogP contribution in [-0.2, 0) is 12.8 Å². The van der Waals surface area contributed by atoms with Crippen LogP contribution in [0, 0.1) is 6.92 Å². The molecule has 0 fully saturated rings. The summed E-state index contributed by atoms with van der Waals surface area (Å²) in [6.45, 7) is 3.14. The zero-order valence-electron chi connectivity index (χ0n) is 11.9. The van der Waals surface area contributed by atoms with Crippen molar-refractivity contribution in [1.29, 1.82) is 0 Å². The second-order valence-electron chi connectivity index (χ2n) is 5.57. The molecule has 0 saturated heterocycles. The maximum absolute atomic E-state index is 9.86. The van der Waals surface area contributed by atoms with E-state index in [1.165, 1.54) is 16.7 Å². The van der Waals surface area contributed by atoms with E-state index in [1.54, 1.807) is 6.07 Å². The maximum Gasteiger partial charge on any atom is 0.119 e. The third-order valence-electron chi connectivity index (χ3n) is 4.29. The van der Waals surface area contributed by atoms with Gasteiger partial charge in [-0.3, -0.25) is 0 Å². The van der Waals surface area contributed by atoms with Crippen molar-refractivity contribution in [3.05, 3.63) is 64.7 Å². The largest absolute Gasteiger partial charge is 0.508 e. The number of aryl methyl sites for hydroxylation is 1. The molecule has 2 N–H and O–H groups in total. The Kier molecular flexibility index (Phi) is 3.75. The fourth-order valence-electron chi connectivity index (χ4n) is 3.12. The van der Waals surface area contributed by atoms with Crippen LogP contribution in [0.15, 0.2) is 42.5 Å². The molecule has 0 radical (unpaired) electrons. The van der Waals surface area contributed by atoms with E-state index < -0.39 is 0 Å². The van der Waals surface area contributed by atoms with Gasteiger partial charge in [0.2, 0.25) is 0 Å². The minimum atomic E-state index is 0.390. The van der Waals surface area contributed by atoms with Crippen molar-refractivity contribution < 1.29 is 5.11 Å². The number of phenolic OH excluding ortho intramolecular Hbond substituents is 1. The molecule has 1 aliphatic rings. The summed E-state index contributed by atoms with van der Waals surface area (Å²) in [5, 5.41) is 13.5. The van der Waals surface area contributed by atoms with E-state index >= 15 is 0 Å². The molecule has 1 aliphatic carbocycles. The molecule has 1 unspecified atom stereocenters. The van der Waals surface area contributed by atoms with Gasteiger partial charge >= 0.3 is 0 Å². The van der Waals surface area contributed by atoms with Crippen LogP contribution in [0.2, 0.25) is 0 Å². The first-order valence-electron chi connectivity index (χ1n) is 7.34. The summed E-state index contributed by atoms with van der Waals surface area (Å²) in [5.41, 5.74) is 5.17. The number of hydrogen-bond donors (Lipinski definition) is 2. The highest BCUT2D eigenvalue weighted by molar-refractivity contribution is 5.44. The van der Waals surface area contributed by atoms with Gasteiger partial charge in [0.05, 0.1) is 0 Å². The van der Waals surface area contributed by atoms with Crippen LogP contribution in [0.25, 0.3) is 0 Å². The Morgan fingerprint density at radius 2 is 2.00 bits per heavy atom. The zero-order chi connectivity index (χ0) is 13.9. The van der Waals surface area contributed by atoms with E-state index in [4.69, 9.17) is 0 Å². The number of nitrogens with one attached hydrogen (secondary N) is 1. The number of fused-ring (bicyclic) bond motifs is 1. The summed E-state index contributed by atoms with van der Waals surface area (Å²) in [6, 6.07) is 14.8. The van der Waals surface area contributed by atoms with E-state index in [0.29, 0.717) is 11.8 Å². The number of aromatic hydroxyl groups is 1. The minimum absolute atomic E-state index is 0.390. The summed E-state index contributed by atoms with van der Waals surface area (Å²) >= 11 is 0. The van der Waals surface area contributed by atoms with E-state index in [9.17, 15) is 5.11 Å². The number of rotatable bonds is 4. The third kappa shape index (κ3) is 2.56. The summed E-state index contributed by atoms with van der Waals surface area (Å²) in [7, 11) is 0. The van der Waals surface area contributed by atoms with E-state index in [0.717, 1.165) is 31.4 Å². The van der Waals surface area contributed by atoms with Crippen molar-refractivity contribution in [3.63, 3.8) is 0 Å². The monoisotopic (exact) mass is 267 g/mol. The molecule has 2 nitrogen and oxygen atoms in total. The first-order chi connectivity index (χ1) is 9.75. The molecule has 3 rings (SSSR count). The highest BCUT2D eigenvalue weighted by atomic mass is 16.3. The molecule has 0 saturated carbocycles. The van der Waals surface area contributed by atoms with Gasteiger partial charge in [-0.05, 0) is 61.1 Å². The first kappa shape index (κ1) is 13.2. The molecule has 104 valence electrons. The second-order valence-corrected chi connectivity index (χ2v) is 5.57. The fraction of sp³-hybridized carbons (Fsp3) is 0.333. The van der Waals surface area contributed by atoms with Crippen LogP contribution in [0.4, 0.5) is 0 Å². The number of benzene rings is 2. The second kappa shape index (κ2) is 5.68. The molecule has 0 heterocycles. The molecule has 0 aliphatic heterocycles. The molecule has 2 aromatic rings. The zero-order valence-corrected chi connectivity index (χ0v) is 11.9. The van der Waals surface area contributed by atoms with Crippen molar-refractivity contribution in [2.45, 2.75) is 32.2 Å². The molecule has 0 spiro atoms. The van der Waals surface area contributed by atoms with Gasteiger partial charge in [-0.25, -0.2) is 0 Å². The highest BCUT2D eigenvalue weighted by Crippen LogP contribution is 2.36. The van der Waals surface area contributed by atoms with Gasteiger partial charge < -0.3 is 10.4 Å². The highest BCUT2D eigenvalue weighted by Gasteiger charge is 2.23. The SMILES string of the molecule is Cc1ccccc1CCNC1CCc2c(O)cccc21. The summed E-state index contributed by atoms with van der Waals surface area (Å²) in [4.78, 5) is 0. The maximum atomic E-state index is 9.86. The molecular formula is C18H21NO. The Labute approximate surface area is 120 Å². The van der Waals surface area contributed by atoms with Gasteiger partial charge in [-0.1, -0.05) is 36.4 Å². The standard InChI is InChI=1S/C18H21NO/c1-13-5-2-3-6-14(13)11-12-19-17-10-9-16-15(17)7-4-8-18(16)20/h2-8,17,19-20H,9-12H2,1H3. The number of phenols is 1. The smallest absolute Gasteiger partial charge is 0.119 e. The van der Waals surface area contributed by atoms with Crippen molar-refractivity contribution in [2.75, 3.05) is 6.54 Å². The topological polar surface area (TPSA) is 32.3 Å². The average Bonchev–Trinajstić information content (AvgIpc) is 2.86. The van der Waals surface area contributed by atoms with E-state index in [1.807, 2.05) is 6.07 Å². The molecule has 20 heavy (non-hydrogen) atoms. The van der Waals surface area contributed by atoms with Crippen molar-refractivity contribution >= 4 is 0 Å². The van der Waals surface area contributed by atoms with Gasteiger partial charge in [0, 0.05) is 6.04 Å². The average molecular weight is 267 g/mol. The van der Waals surface area contributed by atoms with E-state index in [2.05, 4.69) is 42.6 Å². The molecule has 0 aromatic heterocycles. The van der Waals surface area contributed by atoms with Crippen LogP contribution < -0.4 is 5.32 Å². The van der Waals surface area contributed by atoms with Crippen LogP contribution in [0.5, 0.6) is 5.75 Å². The number of hydrogen-bond acceptors (Lipinski definition) is 2. The molecule has 2 heteroatoms. The predicted molar refractivity (Wildman–Crippen MR) is 82.1 cm³/mol. The minimum Gasteiger partial charge on any atom is -0.508 e. The summed E-state index contributed by atoms with van der Waals surface area (Å²) in [5.74, 6) is 0.450.